The molecule has 2 N–H and O–H groups in total. The van der Waals surface area contributed by atoms with Gasteiger partial charge in [-0.3, -0.25) is 0 Å². The molecule has 1 rings (SSSR count). The van der Waals surface area contributed by atoms with Crippen LogP contribution in [0.2, 0.25) is 0 Å². The summed E-state index contributed by atoms with van der Waals surface area (Å²) in [5.74, 6) is 0.953. The maximum Gasteiger partial charge on any atom is 0.122 e. The highest BCUT2D eigenvalue weighted by Crippen LogP contribution is 2.28. The van der Waals surface area contributed by atoms with Crippen LogP contribution in [0.15, 0.2) is 18.2 Å². The van der Waals surface area contributed by atoms with E-state index in [2.05, 4.69) is 45.9 Å². The molecular formula is C16H27NO. The standard InChI is InChI=1S/C16H27NO/c1-6-7-14(17)11-12-10-13(16(2,3)4)8-9-15(12)18-5/h8-10,14H,6-7,11,17H2,1-5H3. The molecule has 18 heavy (non-hydrogen) atoms. The van der Waals surface area contributed by atoms with Crippen molar-refractivity contribution in [1.82, 2.24) is 0 Å². The lowest BCUT2D eigenvalue weighted by Crippen LogP contribution is -2.23. The lowest BCUT2D eigenvalue weighted by molar-refractivity contribution is 0.406. The second-order valence-electron chi connectivity index (χ2n) is 6.03. The van der Waals surface area contributed by atoms with E-state index in [0.717, 1.165) is 25.0 Å². The van der Waals surface area contributed by atoms with Gasteiger partial charge < -0.3 is 10.5 Å². The molecule has 0 saturated carbocycles. The molecule has 0 bridgehead atoms. The van der Waals surface area contributed by atoms with E-state index in [4.69, 9.17) is 10.5 Å². The maximum absolute atomic E-state index is 6.14. The summed E-state index contributed by atoms with van der Waals surface area (Å²) >= 11 is 0. The molecule has 2 heteroatoms. The quantitative estimate of drug-likeness (QED) is 0.864. The Morgan fingerprint density at radius 2 is 1.94 bits per heavy atom. The van der Waals surface area contributed by atoms with Crippen molar-refractivity contribution < 1.29 is 4.74 Å². The molecule has 0 aliphatic carbocycles. The van der Waals surface area contributed by atoms with Crippen LogP contribution in [-0.4, -0.2) is 13.2 Å². The molecule has 1 atom stereocenters. The molecule has 0 radical (unpaired) electrons. The summed E-state index contributed by atoms with van der Waals surface area (Å²) in [6, 6.07) is 6.68. The van der Waals surface area contributed by atoms with Gasteiger partial charge in [0.1, 0.15) is 5.75 Å². The maximum atomic E-state index is 6.14. The zero-order valence-corrected chi connectivity index (χ0v) is 12.4. The summed E-state index contributed by atoms with van der Waals surface area (Å²) in [5, 5.41) is 0. The predicted octanol–water partition coefficient (Wildman–Crippen LogP) is 3.66. The lowest BCUT2D eigenvalue weighted by atomic mass is 9.85. The first kappa shape index (κ1) is 15.0. The Balaban J connectivity index is 2.99. The van der Waals surface area contributed by atoms with Crippen LogP contribution >= 0.6 is 0 Å². The van der Waals surface area contributed by atoms with Crippen molar-refractivity contribution in [2.24, 2.45) is 5.73 Å². The molecular weight excluding hydrogens is 222 g/mol. The fourth-order valence-corrected chi connectivity index (χ4v) is 2.16. The second-order valence-corrected chi connectivity index (χ2v) is 6.03. The summed E-state index contributed by atoms with van der Waals surface area (Å²) in [5.41, 5.74) is 8.87. The van der Waals surface area contributed by atoms with Crippen molar-refractivity contribution >= 4 is 0 Å². The van der Waals surface area contributed by atoms with E-state index in [9.17, 15) is 0 Å². The number of hydrogen-bond acceptors (Lipinski definition) is 2. The first-order chi connectivity index (χ1) is 8.38. The highest BCUT2D eigenvalue weighted by atomic mass is 16.5. The molecule has 0 amide bonds. The van der Waals surface area contributed by atoms with Gasteiger partial charge >= 0.3 is 0 Å². The highest BCUT2D eigenvalue weighted by molar-refractivity contribution is 5.40. The lowest BCUT2D eigenvalue weighted by Gasteiger charge is -2.22. The molecule has 0 fully saturated rings. The topological polar surface area (TPSA) is 35.2 Å². The molecule has 1 aromatic carbocycles. The third-order valence-corrected chi connectivity index (χ3v) is 3.29. The second kappa shape index (κ2) is 6.24. The van der Waals surface area contributed by atoms with Crippen molar-refractivity contribution in [1.29, 1.82) is 0 Å². The molecule has 0 aliphatic heterocycles. The van der Waals surface area contributed by atoms with Crippen molar-refractivity contribution in [3.8, 4) is 5.75 Å². The van der Waals surface area contributed by atoms with E-state index in [-0.39, 0.29) is 11.5 Å². The third-order valence-electron chi connectivity index (χ3n) is 3.29. The van der Waals surface area contributed by atoms with Crippen LogP contribution in [0.3, 0.4) is 0 Å². The first-order valence-electron chi connectivity index (χ1n) is 6.81. The largest absolute Gasteiger partial charge is 0.496 e. The normalized spacial score (nSPS) is 13.4. The Kier molecular flexibility index (Phi) is 5.21. The van der Waals surface area contributed by atoms with Gasteiger partial charge in [-0.15, -0.1) is 0 Å². The fourth-order valence-electron chi connectivity index (χ4n) is 2.16. The van der Waals surface area contributed by atoms with E-state index in [1.54, 1.807) is 7.11 Å². The zero-order chi connectivity index (χ0) is 13.8. The predicted molar refractivity (Wildman–Crippen MR) is 78.3 cm³/mol. The van der Waals surface area contributed by atoms with Gasteiger partial charge in [-0.05, 0) is 35.4 Å². The number of ether oxygens (including phenoxy) is 1. The Bertz CT molecular complexity index is 379. The summed E-state index contributed by atoms with van der Waals surface area (Å²) in [4.78, 5) is 0. The molecule has 0 aromatic heterocycles. The summed E-state index contributed by atoms with van der Waals surface area (Å²) in [6.45, 7) is 8.85. The minimum atomic E-state index is 0.163. The van der Waals surface area contributed by atoms with Crippen molar-refractivity contribution in [3.63, 3.8) is 0 Å². The summed E-state index contributed by atoms with van der Waals surface area (Å²) in [7, 11) is 1.72. The molecule has 0 aliphatic rings. The Morgan fingerprint density at radius 1 is 1.28 bits per heavy atom. The molecule has 0 spiro atoms. The first-order valence-corrected chi connectivity index (χ1v) is 6.81. The molecule has 0 saturated heterocycles. The van der Waals surface area contributed by atoms with Crippen LogP contribution in [0.1, 0.15) is 51.7 Å². The van der Waals surface area contributed by atoms with Gasteiger partial charge in [0.2, 0.25) is 0 Å². The van der Waals surface area contributed by atoms with Crippen LogP contribution in [-0.2, 0) is 11.8 Å². The van der Waals surface area contributed by atoms with Crippen LogP contribution in [0.4, 0.5) is 0 Å². The minimum Gasteiger partial charge on any atom is -0.496 e. The number of benzene rings is 1. The molecule has 1 aromatic rings. The highest BCUT2D eigenvalue weighted by Gasteiger charge is 2.16. The zero-order valence-electron chi connectivity index (χ0n) is 12.4. The van der Waals surface area contributed by atoms with E-state index in [1.165, 1.54) is 11.1 Å². The average Bonchev–Trinajstić information content (AvgIpc) is 2.28. The van der Waals surface area contributed by atoms with Gasteiger partial charge in [-0.1, -0.05) is 46.2 Å². The average molecular weight is 249 g/mol. The Hall–Kier alpha value is -1.02. The number of hydrogen-bond donors (Lipinski definition) is 1. The molecule has 1 unspecified atom stereocenters. The number of methoxy groups -OCH3 is 1. The SMILES string of the molecule is CCCC(N)Cc1cc(C(C)(C)C)ccc1OC. The number of nitrogens with two attached hydrogens (primary N) is 1. The van der Waals surface area contributed by atoms with Crippen LogP contribution in [0.5, 0.6) is 5.75 Å². The molecule has 0 heterocycles. The number of rotatable bonds is 5. The van der Waals surface area contributed by atoms with Crippen LogP contribution in [0, 0.1) is 0 Å². The van der Waals surface area contributed by atoms with Gasteiger partial charge in [-0.25, -0.2) is 0 Å². The Morgan fingerprint density at radius 3 is 2.44 bits per heavy atom. The Labute approximate surface area is 112 Å². The fraction of sp³-hybridized carbons (Fsp3) is 0.625. The van der Waals surface area contributed by atoms with Crippen molar-refractivity contribution in [2.75, 3.05) is 7.11 Å². The molecule has 2 nitrogen and oxygen atoms in total. The molecule has 102 valence electrons. The van der Waals surface area contributed by atoms with E-state index < -0.39 is 0 Å². The van der Waals surface area contributed by atoms with Gasteiger partial charge in [0.25, 0.3) is 0 Å². The minimum absolute atomic E-state index is 0.163. The summed E-state index contributed by atoms with van der Waals surface area (Å²) < 4.78 is 5.44. The van der Waals surface area contributed by atoms with Crippen LogP contribution < -0.4 is 10.5 Å². The van der Waals surface area contributed by atoms with Gasteiger partial charge in [-0.2, -0.15) is 0 Å². The van der Waals surface area contributed by atoms with Gasteiger partial charge in [0.05, 0.1) is 7.11 Å². The third kappa shape index (κ3) is 4.02. The van der Waals surface area contributed by atoms with Gasteiger partial charge in [0, 0.05) is 6.04 Å². The van der Waals surface area contributed by atoms with Crippen LogP contribution in [0.25, 0.3) is 0 Å². The van der Waals surface area contributed by atoms with Gasteiger partial charge in [0.15, 0.2) is 0 Å². The smallest absolute Gasteiger partial charge is 0.122 e. The monoisotopic (exact) mass is 249 g/mol. The van der Waals surface area contributed by atoms with E-state index in [1.807, 2.05) is 0 Å². The van der Waals surface area contributed by atoms with Crippen molar-refractivity contribution in [3.05, 3.63) is 29.3 Å². The van der Waals surface area contributed by atoms with E-state index in [0.29, 0.717) is 0 Å². The van der Waals surface area contributed by atoms with E-state index >= 15 is 0 Å². The van der Waals surface area contributed by atoms with Crippen molar-refractivity contribution in [2.45, 2.75) is 58.4 Å². The summed E-state index contributed by atoms with van der Waals surface area (Å²) in [6.07, 6.45) is 3.08.